The first-order valence-corrected chi connectivity index (χ1v) is 10.6. The maximum Gasteiger partial charge on any atom is 0.258 e. The van der Waals surface area contributed by atoms with E-state index in [0.717, 1.165) is 34.8 Å². The van der Waals surface area contributed by atoms with Gasteiger partial charge in [-0.15, -0.1) is 0 Å². The molecule has 0 atom stereocenters. The zero-order chi connectivity index (χ0) is 21.7. The molecule has 3 aromatic heterocycles. The summed E-state index contributed by atoms with van der Waals surface area (Å²) in [5, 5.41) is 4.87. The van der Waals surface area contributed by atoms with Crippen LogP contribution in [0.25, 0.3) is 33.1 Å². The van der Waals surface area contributed by atoms with Crippen LogP contribution in [0.1, 0.15) is 30.1 Å². The SMILES string of the molecule is CCn1c(=O)c(-c2cc(OC)cc(C(=O)NC3CC3)c2Cl)cc2cnc3[nH]ccc3c21. The summed E-state index contributed by atoms with van der Waals surface area (Å²) in [5.74, 6) is 0.196. The number of halogens is 1. The Balaban J connectivity index is 1.77. The van der Waals surface area contributed by atoms with E-state index < -0.39 is 0 Å². The summed E-state index contributed by atoms with van der Waals surface area (Å²) in [5.41, 5.74) is 2.51. The van der Waals surface area contributed by atoms with Gasteiger partial charge in [0.05, 0.1) is 23.2 Å². The molecule has 0 radical (unpaired) electrons. The number of ether oxygens (including phenoxy) is 1. The number of aromatic amines is 1. The average molecular weight is 437 g/mol. The van der Waals surface area contributed by atoms with Crippen LogP contribution in [0.4, 0.5) is 0 Å². The molecule has 0 spiro atoms. The number of hydrogen-bond donors (Lipinski definition) is 2. The van der Waals surface area contributed by atoms with Gasteiger partial charge in [0.1, 0.15) is 11.4 Å². The molecule has 7 nitrogen and oxygen atoms in total. The van der Waals surface area contributed by atoms with E-state index in [4.69, 9.17) is 16.3 Å². The van der Waals surface area contributed by atoms with Crippen molar-refractivity contribution in [3.63, 3.8) is 0 Å². The minimum absolute atomic E-state index is 0.186. The Morgan fingerprint density at radius 3 is 2.84 bits per heavy atom. The van der Waals surface area contributed by atoms with Gasteiger partial charge in [-0.05, 0) is 44.0 Å². The first-order valence-electron chi connectivity index (χ1n) is 10.2. The van der Waals surface area contributed by atoms with Gasteiger partial charge < -0.3 is 19.6 Å². The lowest BCUT2D eigenvalue weighted by Crippen LogP contribution is -2.26. The first kappa shape index (κ1) is 19.6. The van der Waals surface area contributed by atoms with Crippen LogP contribution in [0, 0.1) is 0 Å². The van der Waals surface area contributed by atoms with Crippen molar-refractivity contribution in [3.8, 4) is 16.9 Å². The van der Waals surface area contributed by atoms with Gasteiger partial charge in [-0.1, -0.05) is 11.6 Å². The molecule has 1 aliphatic rings. The van der Waals surface area contributed by atoms with Gasteiger partial charge in [0, 0.05) is 46.9 Å². The molecule has 1 fully saturated rings. The van der Waals surface area contributed by atoms with E-state index in [1.165, 1.54) is 7.11 Å². The van der Waals surface area contributed by atoms with Gasteiger partial charge in [-0.25, -0.2) is 4.98 Å². The third-order valence-electron chi connectivity index (χ3n) is 5.68. The van der Waals surface area contributed by atoms with Crippen LogP contribution in [0.15, 0.2) is 41.5 Å². The minimum Gasteiger partial charge on any atom is -0.497 e. The monoisotopic (exact) mass is 436 g/mol. The zero-order valence-corrected chi connectivity index (χ0v) is 17.9. The van der Waals surface area contributed by atoms with Gasteiger partial charge in [-0.3, -0.25) is 9.59 Å². The van der Waals surface area contributed by atoms with E-state index in [9.17, 15) is 9.59 Å². The van der Waals surface area contributed by atoms with Gasteiger partial charge in [0.2, 0.25) is 0 Å². The summed E-state index contributed by atoms with van der Waals surface area (Å²) in [6.45, 7) is 2.40. The third-order valence-corrected chi connectivity index (χ3v) is 6.08. The van der Waals surface area contributed by atoms with Crippen LogP contribution in [0.2, 0.25) is 5.02 Å². The number of benzene rings is 1. The summed E-state index contributed by atoms with van der Waals surface area (Å²) in [4.78, 5) is 33.8. The van der Waals surface area contributed by atoms with Crippen LogP contribution in [-0.4, -0.2) is 33.6 Å². The summed E-state index contributed by atoms with van der Waals surface area (Å²) >= 11 is 6.68. The molecule has 2 N–H and O–H groups in total. The Kier molecular flexibility index (Phi) is 4.70. The third kappa shape index (κ3) is 3.25. The van der Waals surface area contributed by atoms with E-state index in [1.54, 1.807) is 35.2 Å². The topological polar surface area (TPSA) is 89.0 Å². The lowest BCUT2D eigenvalue weighted by Gasteiger charge is -2.15. The molecule has 0 unspecified atom stereocenters. The average Bonchev–Trinajstić information content (AvgIpc) is 3.45. The van der Waals surface area contributed by atoms with Crippen molar-refractivity contribution >= 4 is 39.4 Å². The van der Waals surface area contributed by atoms with Crippen molar-refractivity contribution in [2.45, 2.75) is 32.4 Å². The predicted molar refractivity (Wildman–Crippen MR) is 121 cm³/mol. The van der Waals surface area contributed by atoms with Gasteiger partial charge in [0.15, 0.2) is 0 Å². The molecule has 158 valence electrons. The zero-order valence-electron chi connectivity index (χ0n) is 17.2. The maximum atomic E-state index is 13.5. The summed E-state index contributed by atoms with van der Waals surface area (Å²) in [6, 6.07) is 7.18. The lowest BCUT2D eigenvalue weighted by molar-refractivity contribution is 0.0951. The molecule has 0 bridgehead atoms. The van der Waals surface area contributed by atoms with E-state index in [2.05, 4.69) is 15.3 Å². The number of aromatic nitrogens is 3. The Morgan fingerprint density at radius 2 is 2.13 bits per heavy atom. The van der Waals surface area contributed by atoms with Crippen molar-refractivity contribution in [2.75, 3.05) is 7.11 Å². The molecule has 1 aliphatic carbocycles. The van der Waals surface area contributed by atoms with Crippen LogP contribution >= 0.6 is 11.6 Å². The maximum absolute atomic E-state index is 13.5. The van der Waals surface area contributed by atoms with E-state index in [-0.39, 0.29) is 22.5 Å². The fraction of sp³-hybridized carbons (Fsp3) is 0.261. The molecule has 8 heteroatoms. The standard InChI is InChI=1S/C23H21ClN4O3/c1-3-28-20-12(11-26-21-15(20)6-7-25-21)8-17(23(28)30)16-9-14(31-2)10-18(19(16)24)22(29)27-13-4-5-13/h6-11,13H,3-5H2,1-2H3,(H,25,26)(H,27,29). The molecular formula is C23H21ClN4O3. The Labute approximate surface area is 183 Å². The molecule has 3 heterocycles. The smallest absolute Gasteiger partial charge is 0.258 e. The van der Waals surface area contributed by atoms with Gasteiger partial charge in [0.25, 0.3) is 11.5 Å². The number of fused-ring (bicyclic) bond motifs is 3. The first-order chi connectivity index (χ1) is 15.0. The van der Waals surface area contributed by atoms with Gasteiger partial charge >= 0.3 is 0 Å². The Bertz CT molecular complexity index is 1400. The lowest BCUT2D eigenvalue weighted by atomic mass is 10.0. The molecule has 0 aliphatic heterocycles. The molecule has 5 rings (SSSR count). The second kappa shape index (κ2) is 7.42. The molecule has 1 aromatic carbocycles. The van der Waals surface area contributed by atoms with Crippen molar-refractivity contribution in [2.24, 2.45) is 0 Å². The minimum atomic E-state index is -0.264. The number of pyridine rings is 2. The number of methoxy groups -OCH3 is 1. The number of nitrogens with one attached hydrogen (secondary N) is 2. The Morgan fingerprint density at radius 1 is 1.32 bits per heavy atom. The molecule has 1 amide bonds. The number of carbonyl (C=O) groups is 1. The van der Waals surface area contributed by atoms with Crippen LogP contribution in [-0.2, 0) is 6.54 Å². The largest absolute Gasteiger partial charge is 0.497 e. The number of H-pyrrole nitrogens is 1. The second-order valence-corrected chi connectivity index (χ2v) is 8.07. The molecule has 0 saturated heterocycles. The predicted octanol–water partition coefficient (Wildman–Crippen LogP) is 4.12. The quantitative estimate of drug-likeness (QED) is 0.492. The normalized spacial score (nSPS) is 13.6. The van der Waals surface area contributed by atoms with Crippen molar-refractivity contribution in [3.05, 3.63) is 57.6 Å². The van der Waals surface area contributed by atoms with Crippen molar-refractivity contribution in [1.29, 1.82) is 0 Å². The second-order valence-electron chi connectivity index (χ2n) is 7.69. The number of aryl methyl sites for hydroxylation is 1. The fourth-order valence-corrected chi connectivity index (χ4v) is 4.24. The van der Waals surface area contributed by atoms with E-state index in [0.29, 0.717) is 29.0 Å². The number of nitrogens with zero attached hydrogens (tertiary/aromatic N) is 2. The molecular weight excluding hydrogens is 416 g/mol. The highest BCUT2D eigenvalue weighted by Crippen LogP contribution is 2.35. The van der Waals surface area contributed by atoms with Crippen LogP contribution < -0.4 is 15.6 Å². The highest BCUT2D eigenvalue weighted by molar-refractivity contribution is 6.36. The summed E-state index contributed by atoms with van der Waals surface area (Å²) in [6.07, 6.45) is 5.47. The van der Waals surface area contributed by atoms with E-state index in [1.807, 2.05) is 13.0 Å². The molecule has 1 saturated carbocycles. The van der Waals surface area contributed by atoms with E-state index >= 15 is 0 Å². The summed E-state index contributed by atoms with van der Waals surface area (Å²) in [7, 11) is 1.52. The number of amides is 1. The highest BCUT2D eigenvalue weighted by atomic mass is 35.5. The van der Waals surface area contributed by atoms with Gasteiger partial charge in [-0.2, -0.15) is 0 Å². The number of hydrogen-bond acceptors (Lipinski definition) is 4. The van der Waals surface area contributed by atoms with Crippen molar-refractivity contribution < 1.29 is 9.53 Å². The highest BCUT2D eigenvalue weighted by Gasteiger charge is 2.26. The number of carbonyl (C=O) groups excluding carboxylic acids is 1. The molecule has 31 heavy (non-hydrogen) atoms. The summed E-state index contributed by atoms with van der Waals surface area (Å²) < 4.78 is 7.12. The Hall–Kier alpha value is -3.32. The fourth-order valence-electron chi connectivity index (χ4n) is 3.94. The number of rotatable bonds is 5. The van der Waals surface area contributed by atoms with Crippen LogP contribution in [0.3, 0.4) is 0 Å². The van der Waals surface area contributed by atoms with Crippen LogP contribution in [0.5, 0.6) is 5.75 Å². The van der Waals surface area contributed by atoms with Crippen molar-refractivity contribution in [1.82, 2.24) is 19.9 Å². The molecule has 4 aromatic rings.